The van der Waals surface area contributed by atoms with E-state index in [1.807, 2.05) is 26.0 Å². The molecular formula is C9H18N2. The van der Waals surface area contributed by atoms with Crippen molar-refractivity contribution in [1.29, 1.82) is 0 Å². The first kappa shape index (κ1) is 10.4. The van der Waals surface area contributed by atoms with Crippen LogP contribution in [0.5, 0.6) is 0 Å². The molecule has 0 radical (unpaired) electrons. The van der Waals surface area contributed by atoms with Gasteiger partial charge >= 0.3 is 0 Å². The molecule has 0 unspecified atom stereocenters. The summed E-state index contributed by atoms with van der Waals surface area (Å²) < 4.78 is 0. The van der Waals surface area contributed by atoms with Gasteiger partial charge in [-0.15, -0.1) is 0 Å². The molecule has 0 heterocycles. The van der Waals surface area contributed by atoms with Crippen LogP contribution in [-0.2, 0) is 0 Å². The second kappa shape index (κ2) is 6.10. The Morgan fingerprint density at radius 1 is 1.64 bits per heavy atom. The van der Waals surface area contributed by atoms with Crippen molar-refractivity contribution < 1.29 is 0 Å². The molecule has 0 aromatic rings. The molecule has 0 rings (SSSR count). The van der Waals surface area contributed by atoms with Crippen molar-refractivity contribution in [2.75, 3.05) is 6.54 Å². The zero-order valence-corrected chi connectivity index (χ0v) is 7.67. The zero-order valence-electron chi connectivity index (χ0n) is 7.67. The molecule has 11 heavy (non-hydrogen) atoms. The molecule has 0 aliphatic rings. The van der Waals surface area contributed by atoms with Crippen molar-refractivity contribution in [2.45, 2.75) is 33.2 Å². The van der Waals surface area contributed by atoms with Gasteiger partial charge < -0.3 is 5.73 Å². The molecule has 1 atom stereocenters. The number of nitrogens with two attached hydrogens (primary N) is 1. The summed E-state index contributed by atoms with van der Waals surface area (Å²) in [4.78, 5) is 4.41. The molecule has 64 valence electrons. The normalized spacial score (nSPS) is 15.8. The third-order valence-electron chi connectivity index (χ3n) is 1.42. The Balaban J connectivity index is 3.85. The minimum atomic E-state index is 0.358. The molecule has 2 N–H and O–H groups in total. The van der Waals surface area contributed by atoms with Crippen LogP contribution < -0.4 is 5.73 Å². The van der Waals surface area contributed by atoms with Gasteiger partial charge in [0.25, 0.3) is 0 Å². The van der Waals surface area contributed by atoms with Crippen LogP contribution in [0.3, 0.4) is 0 Å². The second-order valence-electron chi connectivity index (χ2n) is 2.70. The summed E-state index contributed by atoms with van der Waals surface area (Å²) in [6.07, 6.45) is 4.97. The molecule has 2 nitrogen and oxygen atoms in total. The molecule has 0 aliphatic carbocycles. The van der Waals surface area contributed by atoms with Crippen molar-refractivity contribution in [3.05, 3.63) is 12.2 Å². The Bertz CT molecular complexity index is 148. The molecule has 0 aromatic carbocycles. The summed E-state index contributed by atoms with van der Waals surface area (Å²) in [5, 5.41) is 0. The highest BCUT2D eigenvalue weighted by molar-refractivity contribution is 5.92. The molecule has 0 saturated heterocycles. The van der Waals surface area contributed by atoms with E-state index in [2.05, 4.69) is 11.9 Å². The summed E-state index contributed by atoms with van der Waals surface area (Å²) in [6.45, 7) is 6.80. The highest BCUT2D eigenvalue weighted by Gasteiger charge is 1.95. The summed E-state index contributed by atoms with van der Waals surface area (Å²) in [5.74, 6) is 0. The highest BCUT2D eigenvalue weighted by atomic mass is 14.8. The van der Waals surface area contributed by atoms with E-state index in [9.17, 15) is 0 Å². The van der Waals surface area contributed by atoms with Crippen molar-refractivity contribution in [3.63, 3.8) is 0 Å². The SMILES string of the molecule is C/C=C\C(C)=N/[C@H](C)CCN. The van der Waals surface area contributed by atoms with E-state index in [0.717, 1.165) is 12.1 Å². The largest absolute Gasteiger partial charge is 0.330 e. The van der Waals surface area contributed by atoms with E-state index in [4.69, 9.17) is 5.73 Å². The van der Waals surface area contributed by atoms with Crippen LogP contribution in [0.2, 0.25) is 0 Å². The Morgan fingerprint density at radius 3 is 2.73 bits per heavy atom. The van der Waals surface area contributed by atoms with E-state index in [1.165, 1.54) is 0 Å². The first-order valence-electron chi connectivity index (χ1n) is 4.08. The average Bonchev–Trinajstić information content (AvgIpc) is 1.87. The number of nitrogens with zero attached hydrogens (tertiary/aromatic N) is 1. The zero-order chi connectivity index (χ0) is 8.69. The summed E-state index contributed by atoms with van der Waals surface area (Å²) in [6, 6.07) is 0.358. The van der Waals surface area contributed by atoms with Gasteiger partial charge in [-0.05, 0) is 39.8 Å². The van der Waals surface area contributed by atoms with E-state index < -0.39 is 0 Å². The number of rotatable bonds is 4. The van der Waals surface area contributed by atoms with Gasteiger partial charge in [-0.25, -0.2) is 0 Å². The lowest BCUT2D eigenvalue weighted by Crippen LogP contribution is -2.09. The Morgan fingerprint density at radius 2 is 2.27 bits per heavy atom. The summed E-state index contributed by atoms with van der Waals surface area (Å²) in [5.41, 5.74) is 6.47. The molecule has 0 aromatic heterocycles. The lowest BCUT2D eigenvalue weighted by atomic mass is 10.2. The van der Waals surface area contributed by atoms with Crippen LogP contribution in [0.1, 0.15) is 27.2 Å². The van der Waals surface area contributed by atoms with Gasteiger partial charge in [0.05, 0.1) is 0 Å². The predicted octanol–water partition coefficient (Wildman–Crippen LogP) is 1.76. The quantitative estimate of drug-likeness (QED) is 0.616. The molecular weight excluding hydrogens is 136 g/mol. The molecule has 0 bridgehead atoms. The van der Waals surface area contributed by atoms with E-state index in [1.54, 1.807) is 0 Å². The minimum absolute atomic E-state index is 0.358. The van der Waals surface area contributed by atoms with Gasteiger partial charge in [0, 0.05) is 11.8 Å². The van der Waals surface area contributed by atoms with Crippen molar-refractivity contribution in [2.24, 2.45) is 10.7 Å². The topological polar surface area (TPSA) is 38.4 Å². The monoisotopic (exact) mass is 154 g/mol. The van der Waals surface area contributed by atoms with Gasteiger partial charge in [-0.2, -0.15) is 0 Å². The first-order chi connectivity index (χ1) is 5.20. The average molecular weight is 154 g/mol. The smallest absolute Gasteiger partial charge is 0.0486 e. The van der Waals surface area contributed by atoms with Crippen LogP contribution in [-0.4, -0.2) is 18.3 Å². The van der Waals surface area contributed by atoms with Crippen molar-refractivity contribution >= 4 is 5.71 Å². The van der Waals surface area contributed by atoms with Crippen molar-refractivity contribution in [1.82, 2.24) is 0 Å². The van der Waals surface area contributed by atoms with Crippen molar-refractivity contribution in [3.8, 4) is 0 Å². The van der Waals surface area contributed by atoms with Crippen LogP contribution in [0.4, 0.5) is 0 Å². The third-order valence-corrected chi connectivity index (χ3v) is 1.42. The third kappa shape index (κ3) is 5.80. The van der Waals surface area contributed by atoms with E-state index in [0.29, 0.717) is 12.6 Å². The number of hydrogen-bond donors (Lipinski definition) is 1. The first-order valence-corrected chi connectivity index (χ1v) is 4.08. The Hall–Kier alpha value is -0.630. The fraction of sp³-hybridized carbons (Fsp3) is 0.667. The van der Waals surface area contributed by atoms with Crippen LogP contribution in [0, 0.1) is 0 Å². The molecule has 0 aliphatic heterocycles. The number of allylic oxidation sites excluding steroid dienone is 2. The van der Waals surface area contributed by atoms with E-state index in [-0.39, 0.29) is 0 Å². The molecule has 2 heteroatoms. The standard InChI is InChI=1S/C9H18N2/c1-4-5-8(2)11-9(3)6-7-10/h4-5,9H,6-7,10H2,1-3H3/b5-4-,11-8-/t9-/m1/s1. The maximum atomic E-state index is 5.39. The van der Waals surface area contributed by atoms with Gasteiger partial charge in [0.15, 0.2) is 0 Å². The highest BCUT2D eigenvalue weighted by Crippen LogP contribution is 1.96. The molecule has 0 saturated carbocycles. The van der Waals surface area contributed by atoms with Gasteiger partial charge in [-0.1, -0.05) is 6.08 Å². The number of aliphatic imine (C=N–C) groups is 1. The second-order valence-corrected chi connectivity index (χ2v) is 2.70. The van der Waals surface area contributed by atoms with E-state index >= 15 is 0 Å². The Kier molecular flexibility index (Phi) is 5.75. The van der Waals surface area contributed by atoms with Crippen LogP contribution in [0.15, 0.2) is 17.1 Å². The van der Waals surface area contributed by atoms with Crippen LogP contribution in [0.25, 0.3) is 0 Å². The lowest BCUT2D eigenvalue weighted by Gasteiger charge is -2.03. The summed E-state index contributed by atoms with van der Waals surface area (Å²) in [7, 11) is 0. The molecule has 0 spiro atoms. The van der Waals surface area contributed by atoms with Crippen LogP contribution >= 0.6 is 0 Å². The minimum Gasteiger partial charge on any atom is -0.330 e. The maximum absolute atomic E-state index is 5.39. The maximum Gasteiger partial charge on any atom is 0.0486 e. The Labute approximate surface area is 69.2 Å². The van der Waals surface area contributed by atoms with Gasteiger partial charge in [0.1, 0.15) is 0 Å². The number of hydrogen-bond acceptors (Lipinski definition) is 2. The summed E-state index contributed by atoms with van der Waals surface area (Å²) >= 11 is 0. The predicted molar refractivity (Wildman–Crippen MR) is 51.1 cm³/mol. The fourth-order valence-electron chi connectivity index (χ4n) is 0.938. The van der Waals surface area contributed by atoms with Gasteiger partial charge in [-0.3, -0.25) is 4.99 Å². The lowest BCUT2D eigenvalue weighted by molar-refractivity contribution is 0.679. The molecule has 0 amide bonds. The fourth-order valence-corrected chi connectivity index (χ4v) is 0.938. The molecule has 0 fully saturated rings. The van der Waals surface area contributed by atoms with Gasteiger partial charge in [0.2, 0.25) is 0 Å².